The molecule has 0 saturated carbocycles. The third-order valence-electron chi connectivity index (χ3n) is 4.63. The average Bonchev–Trinajstić information content (AvgIpc) is 2.60. The van der Waals surface area contributed by atoms with E-state index >= 15 is 0 Å². The molecule has 0 rings (SSSR count). The van der Waals surface area contributed by atoms with Crippen molar-refractivity contribution in [3.05, 3.63) is 0 Å². The van der Waals surface area contributed by atoms with Gasteiger partial charge in [-0.05, 0) is 0 Å². The van der Waals surface area contributed by atoms with Crippen molar-refractivity contribution in [1.29, 1.82) is 0 Å². The van der Waals surface area contributed by atoms with Gasteiger partial charge in [0.15, 0.2) is 0 Å². The maximum atomic E-state index is 6.58. The summed E-state index contributed by atoms with van der Waals surface area (Å²) in [4.78, 5) is 0. The van der Waals surface area contributed by atoms with E-state index in [-0.39, 0.29) is 30.5 Å². The third kappa shape index (κ3) is 8.32. The number of hydrogen-bond donors (Lipinski definition) is 0. The van der Waals surface area contributed by atoms with Crippen molar-refractivity contribution in [2.24, 2.45) is 0 Å². The van der Waals surface area contributed by atoms with Crippen LogP contribution in [-0.4, -0.2) is 50.0 Å². The Morgan fingerprint density at radius 2 is 0.577 bits per heavy atom. The van der Waals surface area contributed by atoms with Gasteiger partial charge in [0, 0.05) is 0 Å². The molecule has 0 aliphatic rings. The van der Waals surface area contributed by atoms with E-state index in [0.717, 1.165) is 32.1 Å². The van der Waals surface area contributed by atoms with Crippen LogP contribution in [0.1, 0.15) is 101 Å². The quantitative estimate of drug-likeness (QED) is 0.267. The molecule has 0 amide bonds. The standard InChI is InChI=1S/5C4H9O.Sb/c5*1-3-4(2)5;/h5*4H,3H2,1-2H3;/q5*-1;+5. The van der Waals surface area contributed by atoms with Crippen molar-refractivity contribution < 1.29 is 15.1 Å². The summed E-state index contributed by atoms with van der Waals surface area (Å²) in [7, 11) is 0. The molecule has 0 aliphatic carbocycles. The van der Waals surface area contributed by atoms with Crippen molar-refractivity contribution in [2.75, 3.05) is 0 Å². The summed E-state index contributed by atoms with van der Waals surface area (Å²) in [6.45, 7) is 20.6. The fourth-order valence-corrected chi connectivity index (χ4v) is 14.0. The van der Waals surface area contributed by atoms with Crippen LogP contribution in [0.25, 0.3) is 0 Å². The summed E-state index contributed by atoms with van der Waals surface area (Å²) >= 11 is -5.30. The number of rotatable bonds is 15. The SMILES string of the molecule is CCC(C)[O][Sb]([O]C(C)CC)([O]C(C)CC)([O]C(C)CC)[O]C(C)CC. The summed E-state index contributed by atoms with van der Waals surface area (Å²) < 4.78 is 32.9. The predicted octanol–water partition coefficient (Wildman–Crippen LogP) is 5.95. The first-order valence-electron chi connectivity index (χ1n) is 10.6. The van der Waals surface area contributed by atoms with Gasteiger partial charge in [-0.1, -0.05) is 0 Å². The molecule has 0 fully saturated rings. The first-order valence-corrected chi connectivity index (χ1v) is 15.8. The molecule has 0 heterocycles. The summed E-state index contributed by atoms with van der Waals surface area (Å²) in [6, 6.07) is 0. The van der Waals surface area contributed by atoms with Gasteiger partial charge in [-0.2, -0.15) is 0 Å². The van der Waals surface area contributed by atoms with Gasteiger partial charge < -0.3 is 0 Å². The molecule has 160 valence electrons. The van der Waals surface area contributed by atoms with E-state index in [2.05, 4.69) is 34.6 Å². The molecule has 0 bridgehead atoms. The van der Waals surface area contributed by atoms with E-state index in [1.807, 2.05) is 34.6 Å². The van der Waals surface area contributed by atoms with E-state index in [4.69, 9.17) is 15.1 Å². The average molecular weight is 487 g/mol. The zero-order valence-corrected chi connectivity index (χ0v) is 21.5. The van der Waals surface area contributed by atoms with E-state index in [1.54, 1.807) is 0 Å². The summed E-state index contributed by atoms with van der Waals surface area (Å²) in [5.41, 5.74) is 0. The maximum absolute atomic E-state index is 6.58. The van der Waals surface area contributed by atoms with Gasteiger partial charge in [-0.25, -0.2) is 0 Å². The van der Waals surface area contributed by atoms with Gasteiger partial charge in [0.2, 0.25) is 0 Å². The van der Waals surface area contributed by atoms with Crippen LogP contribution in [0.2, 0.25) is 0 Å². The van der Waals surface area contributed by atoms with Gasteiger partial charge in [0.1, 0.15) is 0 Å². The monoisotopic (exact) mass is 486 g/mol. The summed E-state index contributed by atoms with van der Waals surface area (Å²) in [5.74, 6) is 0. The zero-order chi connectivity index (χ0) is 20.4. The van der Waals surface area contributed by atoms with Crippen molar-refractivity contribution in [3.63, 3.8) is 0 Å². The van der Waals surface area contributed by atoms with Crippen LogP contribution in [0.15, 0.2) is 0 Å². The van der Waals surface area contributed by atoms with Crippen LogP contribution in [0, 0.1) is 0 Å². The molecular weight excluding hydrogens is 442 g/mol. The minimum atomic E-state index is -5.30. The molecule has 0 aromatic heterocycles. The molecule has 5 atom stereocenters. The first-order chi connectivity index (χ1) is 12.1. The molecule has 0 N–H and O–H groups in total. The van der Waals surface area contributed by atoms with Crippen LogP contribution in [-0.2, 0) is 15.1 Å². The molecule has 6 heteroatoms. The second kappa shape index (κ2) is 12.2. The fraction of sp³-hybridized carbons (Fsp3) is 1.00. The molecule has 0 aromatic carbocycles. The van der Waals surface area contributed by atoms with Crippen LogP contribution in [0.4, 0.5) is 0 Å². The Balaban J connectivity index is 6.34. The first kappa shape index (κ1) is 26.6. The van der Waals surface area contributed by atoms with Gasteiger partial charge in [-0.3, -0.25) is 0 Å². The van der Waals surface area contributed by atoms with Gasteiger partial charge in [0.25, 0.3) is 0 Å². The summed E-state index contributed by atoms with van der Waals surface area (Å²) in [6.07, 6.45) is 3.83. The fourth-order valence-electron chi connectivity index (χ4n) is 2.09. The van der Waals surface area contributed by atoms with E-state index in [1.165, 1.54) is 0 Å². The van der Waals surface area contributed by atoms with E-state index in [9.17, 15) is 0 Å². The molecule has 0 radical (unpaired) electrons. The van der Waals surface area contributed by atoms with E-state index in [0.29, 0.717) is 0 Å². The third-order valence-corrected chi connectivity index (χ3v) is 14.7. The molecule has 5 unspecified atom stereocenters. The van der Waals surface area contributed by atoms with Crippen LogP contribution >= 0.6 is 0 Å². The zero-order valence-electron chi connectivity index (χ0n) is 18.9. The van der Waals surface area contributed by atoms with Crippen LogP contribution in [0.5, 0.6) is 0 Å². The van der Waals surface area contributed by atoms with Crippen LogP contribution < -0.4 is 0 Å². The summed E-state index contributed by atoms with van der Waals surface area (Å²) in [5, 5.41) is 0. The second-order valence-electron chi connectivity index (χ2n) is 7.37. The van der Waals surface area contributed by atoms with Crippen molar-refractivity contribution >= 4 is 19.5 Å². The molecule has 0 spiro atoms. The van der Waals surface area contributed by atoms with Gasteiger partial charge in [0.05, 0.1) is 0 Å². The number of hydrogen-bond acceptors (Lipinski definition) is 5. The molecule has 0 aliphatic heterocycles. The second-order valence-corrected chi connectivity index (χ2v) is 14.6. The van der Waals surface area contributed by atoms with Gasteiger partial charge >= 0.3 is 166 Å². The molecule has 5 nitrogen and oxygen atoms in total. The predicted molar refractivity (Wildman–Crippen MR) is 110 cm³/mol. The minimum absolute atomic E-state index is 0.0713. The Bertz CT molecular complexity index is 292. The topological polar surface area (TPSA) is 46.2 Å². The Labute approximate surface area is 166 Å². The Kier molecular flexibility index (Phi) is 12.5. The van der Waals surface area contributed by atoms with E-state index < -0.39 is 19.5 Å². The van der Waals surface area contributed by atoms with Gasteiger partial charge in [-0.15, -0.1) is 0 Å². The van der Waals surface area contributed by atoms with Crippen molar-refractivity contribution in [2.45, 2.75) is 132 Å². The van der Waals surface area contributed by atoms with Crippen molar-refractivity contribution in [1.82, 2.24) is 0 Å². The van der Waals surface area contributed by atoms with Crippen molar-refractivity contribution in [3.8, 4) is 0 Å². The van der Waals surface area contributed by atoms with Crippen LogP contribution in [0.3, 0.4) is 0 Å². The molecular formula is C20H45O5Sb. The molecule has 0 aromatic rings. The molecule has 26 heavy (non-hydrogen) atoms. The Hall–Kier alpha value is 0.618. The Morgan fingerprint density at radius 3 is 0.692 bits per heavy atom. The normalized spacial score (nSPS) is 20.0. The molecule has 0 saturated heterocycles. The Morgan fingerprint density at radius 1 is 0.423 bits per heavy atom.